The lowest BCUT2D eigenvalue weighted by molar-refractivity contribution is 0.0142. The van der Waals surface area contributed by atoms with E-state index in [1.165, 1.54) is 27.5 Å². The zero-order valence-electron chi connectivity index (χ0n) is 17.1. The number of halogens is 1. The molecule has 0 N–H and O–H groups in total. The molecule has 3 nitrogen and oxygen atoms in total. The lowest BCUT2D eigenvalue weighted by Crippen LogP contribution is -2.43. The summed E-state index contributed by atoms with van der Waals surface area (Å²) in [6, 6.07) is 21.0. The Kier molecular flexibility index (Phi) is 5.39. The second-order valence-corrected chi connectivity index (χ2v) is 9.44. The van der Waals surface area contributed by atoms with Gasteiger partial charge in [-0.05, 0) is 67.1 Å². The standard InChI is InChI=1S/C25H26BrNO2/c1-25(2,3)29-24(28)27-15-14-20-19-10-6-4-8-17(19)12-13-21(20)23(27)16-18-9-5-7-11-22(18)26/h4-13,23H,14-16H2,1-3H3. The number of rotatable bonds is 2. The number of hydrogen-bond acceptors (Lipinski definition) is 2. The predicted octanol–water partition coefficient (Wildman–Crippen LogP) is 6.68. The van der Waals surface area contributed by atoms with Crippen molar-refractivity contribution in [3.63, 3.8) is 0 Å². The molecule has 1 amide bonds. The van der Waals surface area contributed by atoms with Crippen LogP contribution >= 0.6 is 15.9 Å². The molecule has 1 heterocycles. The average molecular weight is 452 g/mol. The molecule has 1 unspecified atom stereocenters. The Balaban J connectivity index is 1.79. The van der Waals surface area contributed by atoms with Crippen molar-refractivity contribution in [3.8, 4) is 0 Å². The van der Waals surface area contributed by atoms with Crippen molar-refractivity contribution in [1.82, 2.24) is 4.90 Å². The van der Waals surface area contributed by atoms with E-state index in [0.29, 0.717) is 6.54 Å². The lowest BCUT2D eigenvalue weighted by Gasteiger charge is -2.39. The number of hydrogen-bond donors (Lipinski definition) is 0. The van der Waals surface area contributed by atoms with Crippen LogP contribution < -0.4 is 0 Å². The predicted molar refractivity (Wildman–Crippen MR) is 121 cm³/mol. The molecule has 4 heteroatoms. The van der Waals surface area contributed by atoms with Crippen LogP contribution in [0.25, 0.3) is 10.8 Å². The summed E-state index contributed by atoms with van der Waals surface area (Å²) in [5.41, 5.74) is 3.24. The molecule has 4 rings (SSSR count). The molecule has 1 aliphatic rings. The molecular formula is C25H26BrNO2. The Morgan fingerprint density at radius 1 is 1.07 bits per heavy atom. The van der Waals surface area contributed by atoms with E-state index in [2.05, 4.69) is 64.5 Å². The van der Waals surface area contributed by atoms with Gasteiger partial charge in [-0.2, -0.15) is 0 Å². The van der Waals surface area contributed by atoms with Crippen molar-refractivity contribution in [1.29, 1.82) is 0 Å². The Bertz CT molecular complexity index is 1050. The van der Waals surface area contributed by atoms with Crippen molar-refractivity contribution >= 4 is 32.8 Å². The topological polar surface area (TPSA) is 29.5 Å². The maximum Gasteiger partial charge on any atom is 0.410 e. The van der Waals surface area contributed by atoms with Crippen molar-refractivity contribution < 1.29 is 9.53 Å². The van der Waals surface area contributed by atoms with E-state index < -0.39 is 5.60 Å². The summed E-state index contributed by atoms with van der Waals surface area (Å²) in [5.74, 6) is 0. The van der Waals surface area contributed by atoms with Gasteiger partial charge in [-0.3, -0.25) is 0 Å². The number of ether oxygens (including phenoxy) is 1. The molecule has 0 bridgehead atoms. The molecule has 3 aromatic carbocycles. The maximum atomic E-state index is 13.1. The Morgan fingerprint density at radius 2 is 1.79 bits per heavy atom. The fraction of sp³-hybridized carbons (Fsp3) is 0.320. The van der Waals surface area contributed by atoms with Crippen molar-refractivity contribution in [2.75, 3.05) is 6.54 Å². The largest absolute Gasteiger partial charge is 0.444 e. The van der Waals surface area contributed by atoms with E-state index in [1.807, 2.05) is 37.8 Å². The fourth-order valence-corrected chi connectivity index (χ4v) is 4.58. The Labute approximate surface area is 180 Å². The number of nitrogens with zero attached hydrogens (tertiary/aromatic N) is 1. The van der Waals surface area contributed by atoms with Crippen LogP contribution in [0, 0.1) is 0 Å². The molecule has 0 fully saturated rings. The van der Waals surface area contributed by atoms with E-state index in [0.717, 1.165) is 17.3 Å². The van der Waals surface area contributed by atoms with Gasteiger partial charge in [0.25, 0.3) is 0 Å². The average Bonchev–Trinajstić information content (AvgIpc) is 2.68. The van der Waals surface area contributed by atoms with Crippen LogP contribution in [0.2, 0.25) is 0 Å². The molecule has 150 valence electrons. The number of amides is 1. The van der Waals surface area contributed by atoms with Crippen molar-refractivity contribution in [2.45, 2.75) is 45.3 Å². The van der Waals surface area contributed by atoms with Gasteiger partial charge in [-0.1, -0.05) is 70.5 Å². The second-order valence-electron chi connectivity index (χ2n) is 8.59. The molecule has 1 aliphatic heterocycles. The normalized spacial score (nSPS) is 16.6. The first-order valence-corrected chi connectivity index (χ1v) is 10.9. The maximum absolute atomic E-state index is 13.1. The number of benzene rings is 3. The molecule has 0 aliphatic carbocycles. The van der Waals surface area contributed by atoms with E-state index in [9.17, 15) is 4.79 Å². The van der Waals surface area contributed by atoms with Crippen LogP contribution in [0.5, 0.6) is 0 Å². The first-order chi connectivity index (χ1) is 13.8. The summed E-state index contributed by atoms with van der Waals surface area (Å²) in [4.78, 5) is 15.0. The number of fused-ring (bicyclic) bond motifs is 3. The van der Waals surface area contributed by atoms with Gasteiger partial charge < -0.3 is 9.64 Å². The number of carbonyl (C=O) groups is 1. The first-order valence-electron chi connectivity index (χ1n) is 10.1. The van der Waals surface area contributed by atoms with Crippen LogP contribution in [0.15, 0.2) is 65.1 Å². The Morgan fingerprint density at radius 3 is 2.55 bits per heavy atom. The second kappa shape index (κ2) is 7.83. The summed E-state index contributed by atoms with van der Waals surface area (Å²) in [6.45, 7) is 6.41. The smallest absolute Gasteiger partial charge is 0.410 e. The fourth-order valence-electron chi connectivity index (χ4n) is 4.13. The van der Waals surface area contributed by atoms with E-state index >= 15 is 0 Å². The summed E-state index contributed by atoms with van der Waals surface area (Å²) < 4.78 is 6.82. The highest BCUT2D eigenvalue weighted by Crippen LogP contribution is 2.38. The van der Waals surface area contributed by atoms with Crippen LogP contribution in [0.4, 0.5) is 4.79 Å². The zero-order chi connectivity index (χ0) is 20.6. The van der Waals surface area contributed by atoms with E-state index in [-0.39, 0.29) is 12.1 Å². The molecule has 29 heavy (non-hydrogen) atoms. The first kappa shape index (κ1) is 20.0. The zero-order valence-corrected chi connectivity index (χ0v) is 18.7. The lowest BCUT2D eigenvalue weighted by atomic mass is 9.86. The summed E-state index contributed by atoms with van der Waals surface area (Å²) in [7, 11) is 0. The van der Waals surface area contributed by atoms with Gasteiger partial charge >= 0.3 is 6.09 Å². The van der Waals surface area contributed by atoms with Gasteiger partial charge in [0.2, 0.25) is 0 Å². The number of carbonyl (C=O) groups excluding carboxylic acids is 1. The van der Waals surface area contributed by atoms with Gasteiger partial charge in [-0.25, -0.2) is 4.79 Å². The molecule has 3 aromatic rings. The van der Waals surface area contributed by atoms with Gasteiger partial charge in [0.05, 0.1) is 6.04 Å². The molecule has 0 saturated carbocycles. The molecular weight excluding hydrogens is 426 g/mol. The summed E-state index contributed by atoms with van der Waals surface area (Å²) in [6.07, 6.45) is 1.34. The van der Waals surface area contributed by atoms with Crippen LogP contribution in [-0.2, 0) is 17.6 Å². The van der Waals surface area contributed by atoms with Gasteiger partial charge in [0, 0.05) is 11.0 Å². The molecule has 0 spiro atoms. The van der Waals surface area contributed by atoms with Crippen LogP contribution in [0.1, 0.15) is 43.5 Å². The van der Waals surface area contributed by atoms with E-state index in [1.54, 1.807) is 0 Å². The highest BCUT2D eigenvalue weighted by molar-refractivity contribution is 9.10. The van der Waals surface area contributed by atoms with Crippen molar-refractivity contribution in [2.24, 2.45) is 0 Å². The third-order valence-electron chi connectivity index (χ3n) is 5.41. The highest BCUT2D eigenvalue weighted by atomic mass is 79.9. The van der Waals surface area contributed by atoms with Gasteiger partial charge in [0.15, 0.2) is 0 Å². The minimum Gasteiger partial charge on any atom is -0.444 e. The third-order valence-corrected chi connectivity index (χ3v) is 6.19. The monoisotopic (exact) mass is 451 g/mol. The molecule has 0 radical (unpaired) electrons. The Hall–Kier alpha value is -2.33. The molecule has 0 aromatic heterocycles. The molecule has 0 saturated heterocycles. The minimum atomic E-state index is -0.515. The highest BCUT2D eigenvalue weighted by Gasteiger charge is 2.34. The summed E-state index contributed by atoms with van der Waals surface area (Å²) >= 11 is 3.67. The third kappa shape index (κ3) is 4.18. The van der Waals surface area contributed by atoms with Crippen LogP contribution in [0.3, 0.4) is 0 Å². The molecule has 1 atom stereocenters. The van der Waals surface area contributed by atoms with Gasteiger partial charge in [-0.15, -0.1) is 0 Å². The van der Waals surface area contributed by atoms with Crippen molar-refractivity contribution in [3.05, 3.63) is 81.8 Å². The minimum absolute atomic E-state index is 0.0584. The quantitative estimate of drug-likeness (QED) is 0.434. The summed E-state index contributed by atoms with van der Waals surface area (Å²) in [5, 5.41) is 2.53. The SMILES string of the molecule is CC(C)(C)OC(=O)N1CCc2c(ccc3ccccc23)C1Cc1ccccc1Br. The van der Waals surface area contributed by atoms with E-state index in [4.69, 9.17) is 4.74 Å². The van der Waals surface area contributed by atoms with Gasteiger partial charge in [0.1, 0.15) is 5.60 Å². The van der Waals surface area contributed by atoms with Crippen LogP contribution in [-0.4, -0.2) is 23.1 Å².